The first-order chi connectivity index (χ1) is 5.57. The summed E-state index contributed by atoms with van der Waals surface area (Å²) in [5.74, 6) is 0. The van der Waals surface area contributed by atoms with Crippen molar-refractivity contribution in [2.45, 2.75) is 26.4 Å². The van der Waals surface area contributed by atoms with Gasteiger partial charge in [0.05, 0.1) is 16.3 Å². The number of hydrogen-bond acceptors (Lipinski definition) is 2. The van der Waals surface area contributed by atoms with Crippen molar-refractivity contribution < 1.29 is 5.11 Å². The summed E-state index contributed by atoms with van der Waals surface area (Å²) in [6.45, 7) is 3.78. The smallest absolute Gasteiger partial charge is 0.105 e. The number of hydrogen-bond donors (Lipinski definition) is 1. The lowest BCUT2D eigenvalue weighted by Crippen LogP contribution is -1.97. The predicted octanol–water partition coefficient (Wildman–Crippen LogP) is 1.80. The molecule has 0 saturated carbocycles. The fraction of sp³-hybridized carbons (Fsp3) is 0.625. The molecular formula is C8H13BrN2O. The van der Waals surface area contributed by atoms with Crippen molar-refractivity contribution >= 4 is 15.9 Å². The molecule has 1 atom stereocenters. The van der Waals surface area contributed by atoms with E-state index in [-0.39, 0.29) is 0 Å². The van der Waals surface area contributed by atoms with Crippen LogP contribution >= 0.6 is 15.9 Å². The molecule has 0 saturated heterocycles. The third-order valence-electron chi connectivity index (χ3n) is 1.86. The normalized spacial score (nSPS) is 13.4. The molecule has 0 spiro atoms. The van der Waals surface area contributed by atoms with E-state index in [1.54, 1.807) is 11.6 Å². The molecule has 0 fully saturated rings. The second-order valence-electron chi connectivity index (χ2n) is 2.80. The Hall–Kier alpha value is -0.350. The lowest BCUT2D eigenvalue weighted by atomic mass is 10.2. The van der Waals surface area contributed by atoms with Crippen LogP contribution in [0.1, 0.15) is 31.3 Å². The molecule has 1 aromatic heterocycles. The minimum Gasteiger partial charge on any atom is -0.387 e. The number of aliphatic hydroxyl groups is 1. The van der Waals surface area contributed by atoms with Gasteiger partial charge in [-0.05, 0) is 29.3 Å². The van der Waals surface area contributed by atoms with E-state index in [1.807, 2.05) is 7.05 Å². The number of rotatable bonds is 2. The van der Waals surface area contributed by atoms with Gasteiger partial charge in [-0.25, -0.2) is 0 Å². The lowest BCUT2D eigenvalue weighted by Gasteiger charge is -1.98. The molecule has 12 heavy (non-hydrogen) atoms. The van der Waals surface area contributed by atoms with Crippen LogP contribution in [0.25, 0.3) is 0 Å². The van der Waals surface area contributed by atoms with Crippen LogP contribution in [-0.4, -0.2) is 14.9 Å². The van der Waals surface area contributed by atoms with E-state index in [0.717, 1.165) is 16.6 Å². The Labute approximate surface area is 80.5 Å². The molecule has 68 valence electrons. The molecule has 1 aromatic rings. The van der Waals surface area contributed by atoms with E-state index < -0.39 is 6.10 Å². The maximum Gasteiger partial charge on any atom is 0.105 e. The molecule has 1 unspecified atom stereocenters. The predicted molar refractivity (Wildman–Crippen MR) is 50.9 cm³/mol. The second-order valence-corrected chi connectivity index (χ2v) is 3.59. The van der Waals surface area contributed by atoms with Crippen LogP contribution in [0.3, 0.4) is 0 Å². The Kier molecular flexibility index (Phi) is 2.90. The van der Waals surface area contributed by atoms with Gasteiger partial charge in [-0.2, -0.15) is 5.10 Å². The van der Waals surface area contributed by atoms with Crippen molar-refractivity contribution in [1.29, 1.82) is 0 Å². The Morgan fingerprint density at radius 2 is 2.25 bits per heavy atom. The highest BCUT2D eigenvalue weighted by Gasteiger charge is 2.15. The van der Waals surface area contributed by atoms with Gasteiger partial charge < -0.3 is 5.11 Å². The first-order valence-electron chi connectivity index (χ1n) is 3.97. The van der Waals surface area contributed by atoms with E-state index in [4.69, 9.17) is 0 Å². The van der Waals surface area contributed by atoms with Crippen LogP contribution in [0.4, 0.5) is 0 Å². The van der Waals surface area contributed by atoms with Crippen LogP contribution in [0.15, 0.2) is 4.47 Å². The van der Waals surface area contributed by atoms with E-state index in [2.05, 4.69) is 28.0 Å². The van der Waals surface area contributed by atoms with Crippen molar-refractivity contribution in [3.05, 3.63) is 15.9 Å². The van der Waals surface area contributed by atoms with E-state index in [9.17, 15) is 5.11 Å². The van der Waals surface area contributed by atoms with E-state index in [0.29, 0.717) is 5.69 Å². The molecule has 1 rings (SSSR count). The molecule has 0 aromatic carbocycles. The number of aromatic nitrogens is 2. The molecule has 0 aliphatic carbocycles. The minimum absolute atomic E-state index is 0.508. The molecule has 0 aliphatic heterocycles. The molecule has 1 heterocycles. The monoisotopic (exact) mass is 232 g/mol. The molecule has 4 heteroatoms. The zero-order valence-corrected chi connectivity index (χ0v) is 9.09. The van der Waals surface area contributed by atoms with Crippen LogP contribution < -0.4 is 0 Å². The topological polar surface area (TPSA) is 38.1 Å². The van der Waals surface area contributed by atoms with Crippen LogP contribution in [-0.2, 0) is 13.5 Å². The summed E-state index contributed by atoms with van der Waals surface area (Å²) < 4.78 is 2.73. The van der Waals surface area contributed by atoms with E-state index >= 15 is 0 Å². The summed E-state index contributed by atoms with van der Waals surface area (Å²) in [5, 5.41) is 13.5. The summed E-state index contributed by atoms with van der Waals surface area (Å²) in [6, 6.07) is 0. The maximum atomic E-state index is 9.33. The Morgan fingerprint density at radius 3 is 2.50 bits per heavy atom. The molecule has 0 aliphatic rings. The zero-order valence-electron chi connectivity index (χ0n) is 7.50. The first-order valence-corrected chi connectivity index (χ1v) is 4.76. The summed E-state index contributed by atoms with van der Waals surface area (Å²) in [7, 11) is 1.88. The van der Waals surface area contributed by atoms with Gasteiger partial charge in [0, 0.05) is 7.05 Å². The average Bonchev–Trinajstić information content (AvgIpc) is 2.27. The van der Waals surface area contributed by atoms with Crippen molar-refractivity contribution in [1.82, 2.24) is 9.78 Å². The van der Waals surface area contributed by atoms with Gasteiger partial charge in [-0.1, -0.05) is 6.92 Å². The zero-order chi connectivity index (χ0) is 9.30. The van der Waals surface area contributed by atoms with Crippen molar-refractivity contribution in [2.75, 3.05) is 0 Å². The summed E-state index contributed by atoms with van der Waals surface area (Å²) in [4.78, 5) is 0. The maximum absolute atomic E-state index is 9.33. The Balaban J connectivity index is 3.17. The third kappa shape index (κ3) is 1.54. The van der Waals surface area contributed by atoms with Gasteiger partial charge in [-0.15, -0.1) is 0 Å². The van der Waals surface area contributed by atoms with Crippen molar-refractivity contribution in [3.8, 4) is 0 Å². The molecule has 0 radical (unpaired) electrons. The summed E-state index contributed by atoms with van der Waals surface area (Å²) in [5.41, 5.74) is 1.83. The van der Waals surface area contributed by atoms with Gasteiger partial charge >= 0.3 is 0 Å². The number of nitrogens with zero attached hydrogens (tertiary/aromatic N) is 2. The van der Waals surface area contributed by atoms with Gasteiger partial charge in [0.1, 0.15) is 5.69 Å². The van der Waals surface area contributed by atoms with Gasteiger partial charge in [-0.3, -0.25) is 4.68 Å². The molecule has 0 bridgehead atoms. The Morgan fingerprint density at radius 1 is 1.67 bits per heavy atom. The highest BCUT2D eigenvalue weighted by Crippen LogP contribution is 2.25. The van der Waals surface area contributed by atoms with E-state index in [1.165, 1.54) is 0 Å². The van der Waals surface area contributed by atoms with Gasteiger partial charge in [0.2, 0.25) is 0 Å². The van der Waals surface area contributed by atoms with Crippen molar-refractivity contribution in [3.63, 3.8) is 0 Å². The highest BCUT2D eigenvalue weighted by atomic mass is 79.9. The molecule has 0 amide bonds. The van der Waals surface area contributed by atoms with Gasteiger partial charge in [0.25, 0.3) is 0 Å². The molecule has 1 N–H and O–H groups in total. The summed E-state index contributed by atoms with van der Waals surface area (Å²) >= 11 is 3.42. The first kappa shape index (κ1) is 9.74. The highest BCUT2D eigenvalue weighted by molar-refractivity contribution is 9.10. The van der Waals surface area contributed by atoms with Crippen LogP contribution in [0, 0.1) is 0 Å². The van der Waals surface area contributed by atoms with Crippen LogP contribution in [0.5, 0.6) is 0 Å². The lowest BCUT2D eigenvalue weighted by molar-refractivity contribution is 0.192. The number of halogens is 1. The second kappa shape index (κ2) is 3.58. The standard InChI is InChI=1S/C8H13BrN2O/c1-4-6-7(9)8(5(2)12)10-11(6)3/h5,12H,4H2,1-3H3. The number of aliphatic hydroxyl groups excluding tert-OH is 1. The fourth-order valence-corrected chi connectivity index (χ4v) is 2.15. The largest absolute Gasteiger partial charge is 0.387 e. The van der Waals surface area contributed by atoms with Gasteiger partial charge in [0.15, 0.2) is 0 Å². The molecular weight excluding hydrogens is 220 g/mol. The third-order valence-corrected chi connectivity index (χ3v) is 2.72. The molecule has 3 nitrogen and oxygen atoms in total. The quantitative estimate of drug-likeness (QED) is 0.845. The SMILES string of the molecule is CCc1c(Br)c(C(C)O)nn1C. The summed E-state index contributed by atoms with van der Waals surface area (Å²) in [6.07, 6.45) is 0.405. The average molecular weight is 233 g/mol. The van der Waals surface area contributed by atoms with Crippen LogP contribution in [0.2, 0.25) is 0 Å². The number of aryl methyl sites for hydroxylation is 1. The fourth-order valence-electron chi connectivity index (χ4n) is 1.21. The Bertz CT molecular complexity index is 281. The minimum atomic E-state index is -0.508. The van der Waals surface area contributed by atoms with Crippen molar-refractivity contribution in [2.24, 2.45) is 7.05 Å².